The van der Waals surface area contributed by atoms with E-state index in [1.165, 1.54) is 41.6 Å². The number of benzene rings is 2. The Morgan fingerprint density at radius 3 is 2.30 bits per heavy atom. The Balaban J connectivity index is 2.08. The number of carbonyl (C=O) groups is 2. The van der Waals surface area contributed by atoms with Crippen molar-refractivity contribution in [1.82, 2.24) is 10.9 Å². The fourth-order valence-electron chi connectivity index (χ4n) is 2.09. The van der Waals surface area contributed by atoms with Crippen LogP contribution in [0.25, 0.3) is 0 Å². The summed E-state index contributed by atoms with van der Waals surface area (Å²) in [7, 11) is 0. The molecule has 2 N–H and O–H groups in total. The first-order valence-electron chi connectivity index (χ1n) is 7.55. The van der Waals surface area contributed by atoms with Gasteiger partial charge < -0.3 is 4.31 Å². The minimum atomic E-state index is -3.28. The summed E-state index contributed by atoms with van der Waals surface area (Å²) in [6.45, 7) is 0.142. The lowest BCUT2D eigenvalue weighted by Gasteiger charge is -2.22. The third-order valence-corrected chi connectivity index (χ3v) is 4.24. The van der Waals surface area contributed by atoms with Gasteiger partial charge in [-0.05, 0) is 36.4 Å². The average Bonchev–Trinajstić information content (AvgIpc) is 2.65. The van der Waals surface area contributed by atoms with Crippen molar-refractivity contribution in [1.29, 1.82) is 0 Å². The van der Waals surface area contributed by atoms with Gasteiger partial charge in [0.2, 0.25) is 0 Å². The quantitative estimate of drug-likeness (QED) is 0.443. The molecule has 0 unspecified atom stereocenters. The molecule has 0 saturated carbocycles. The lowest BCUT2D eigenvalue weighted by molar-refractivity contribution is -0.132. The molecule has 10 heteroatoms. The van der Waals surface area contributed by atoms with Crippen molar-refractivity contribution in [3.05, 3.63) is 65.2 Å². The monoisotopic (exact) mass is 401 g/mol. The summed E-state index contributed by atoms with van der Waals surface area (Å²) in [5.41, 5.74) is 4.09. The fraction of sp³-hybridized carbons (Fsp3) is 0.176. The minimum Gasteiger partial charge on any atom is -0.312 e. The molecular weight excluding hydrogens is 386 g/mol. The van der Waals surface area contributed by atoms with Gasteiger partial charge >= 0.3 is 12.3 Å². The first-order valence-corrected chi connectivity index (χ1v) is 8.74. The SMILES string of the molecule is CSN(Cc1ccc(C(=O)NNC(=O)C(F)F)cc1F)c1ccc(F)cc1. The van der Waals surface area contributed by atoms with Crippen molar-refractivity contribution in [3.63, 3.8) is 0 Å². The molecule has 27 heavy (non-hydrogen) atoms. The second kappa shape index (κ2) is 9.26. The van der Waals surface area contributed by atoms with E-state index in [1.54, 1.807) is 28.1 Å². The van der Waals surface area contributed by atoms with E-state index in [1.807, 2.05) is 0 Å². The van der Waals surface area contributed by atoms with Crippen molar-refractivity contribution in [3.8, 4) is 0 Å². The van der Waals surface area contributed by atoms with Crippen LogP contribution in [0.2, 0.25) is 0 Å². The molecule has 0 saturated heterocycles. The van der Waals surface area contributed by atoms with Crippen LogP contribution in [0.4, 0.5) is 23.2 Å². The standard InChI is InChI=1S/C17H15F4N3O2S/c1-27-24(13-6-4-12(18)5-7-13)9-11-3-2-10(8-14(11)19)16(25)22-23-17(26)15(20)21/h2-8,15H,9H2,1H3,(H,22,25)(H,23,26). The molecule has 0 aliphatic rings. The van der Waals surface area contributed by atoms with Gasteiger partial charge in [-0.15, -0.1) is 0 Å². The van der Waals surface area contributed by atoms with E-state index < -0.39 is 24.1 Å². The minimum absolute atomic E-state index is 0.142. The third kappa shape index (κ3) is 5.61. The summed E-state index contributed by atoms with van der Waals surface area (Å²) in [5.74, 6) is -3.69. The number of nitrogens with zero attached hydrogens (tertiary/aromatic N) is 1. The first-order chi connectivity index (χ1) is 12.8. The number of hydrogen-bond acceptors (Lipinski definition) is 4. The molecule has 0 spiro atoms. The van der Waals surface area contributed by atoms with Gasteiger partial charge in [0.05, 0.1) is 6.54 Å². The molecule has 144 valence electrons. The maximum Gasteiger partial charge on any atom is 0.317 e. The Hall–Kier alpha value is -2.75. The summed E-state index contributed by atoms with van der Waals surface area (Å²) in [5, 5.41) is 0. The van der Waals surface area contributed by atoms with Gasteiger partial charge in [0.25, 0.3) is 5.91 Å². The van der Waals surface area contributed by atoms with Gasteiger partial charge in [0, 0.05) is 23.1 Å². The Kier molecular flexibility index (Phi) is 7.05. The van der Waals surface area contributed by atoms with Crippen LogP contribution in [0.3, 0.4) is 0 Å². The van der Waals surface area contributed by atoms with Gasteiger partial charge in [0.15, 0.2) is 0 Å². The topological polar surface area (TPSA) is 61.4 Å². The highest BCUT2D eigenvalue weighted by Gasteiger charge is 2.17. The van der Waals surface area contributed by atoms with Crippen LogP contribution in [-0.2, 0) is 11.3 Å². The molecule has 2 aromatic rings. The first kappa shape index (κ1) is 20.6. The number of alkyl halides is 2. The van der Waals surface area contributed by atoms with Gasteiger partial charge in [-0.25, -0.2) is 8.78 Å². The number of amides is 2. The van der Waals surface area contributed by atoms with Crippen LogP contribution >= 0.6 is 11.9 Å². The number of nitrogens with one attached hydrogen (secondary N) is 2. The van der Waals surface area contributed by atoms with Crippen LogP contribution < -0.4 is 15.2 Å². The highest BCUT2D eigenvalue weighted by molar-refractivity contribution is 7.99. The molecule has 0 aromatic heterocycles. The molecule has 0 heterocycles. The largest absolute Gasteiger partial charge is 0.317 e. The highest BCUT2D eigenvalue weighted by atomic mass is 32.2. The number of halogens is 4. The molecule has 0 aliphatic carbocycles. The van der Waals surface area contributed by atoms with E-state index in [-0.39, 0.29) is 23.5 Å². The predicted molar refractivity (Wildman–Crippen MR) is 94.1 cm³/mol. The van der Waals surface area contributed by atoms with Crippen molar-refractivity contribution >= 4 is 29.4 Å². The maximum atomic E-state index is 14.3. The third-order valence-electron chi connectivity index (χ3n) is 3.46. The number of hydrogen-bond donors (Lipinski definition) is 2. The van der Waals surface area contributed by atoms with E-state index in [0.29, 0.717) is 5.69 Å². The number of anilines is 1. The molecule has 0 bridgehead atoms. The number of hydrazine groups is 1. The Morgan fingerprint density at radius 2 is 1.74 bits per heavy atom. The van der Waals surface area contributed by atoms with E-state index in [9.17, 15) is 27.2 Å². The van der Waals surface area contributed by atoms with Gasteiger partial charge in [-0.2, -0.15) is 8.78 Å². The zero-order valence-corrected chi connectivity index (χ0v) is 14.8. The Labute approximate surface area is 156 Å². The predicted octanol–water partition coefficient (Wildman–Crippen LogP) is 3.28. The molecule has 2 rings (SSSR count). The normalized spacial score (nSPS) is 10.6. The van der Waals surface area contributed by atoms with E-state index in [2.05, 4.69) is 0 Å². The van der Waals surface area contributed by atoms with Gasteiger partial charge in [-0.1, -0.05) is 18.0 Å². The fourth-order valence-corrected chi connectivity index (χ4v) is 2.69. The summed E-state index contributed by atoms with van der Waals surface area (Å²) in [4.78, 5) is 22.5. The Bertz CT molecular complexity index is 818. The van der Waals surface area contributed by atoms with E-state index >= 15 is 0 Å². The van der Waals surface area contributed by atoms with Crippen LogP contribution in [0.15, 0.2) is 42.5 Å². The van der Waals surface area contributed by atoms with Crippen LogP contribution in [0.1, 0.15) is 15.9 Å². The molecule has 2 aromatic carbocycles. The van der Waals surface area contributed by atoms with Crippen molar-refractivity contribution < 1.29 is 27.2 Å². The van der Waals surface area contributed by atoms with Gasteiger partial charge in [-0.3, -0.25) is 20.4 Å². The number of carbonyl (C=O) groups excluding carboxylic acids is 2. The van der Waals surface area contributed by atoms with Gasteiger partial charge in [0.1, 0.15) is 11.6 Å². The lowest BCUT2D eigenvalue weighted by Crippen LogP contribution is -2.44. The zero-order valence-electron chi connectivity index (χ0n) is 14.0. The van der Waals surface area contributed by atoms with Crippen LogP contribution in [0, 0.1) is 11.6 Å². The number of rotatable bonds is 6. The molecule has 2 amide bonds. The summed E-state index contributed by atoms with van der Waals surface area (Å²) >= 11 is 1.30. The second-order valence-corrected chi connectivity index (χ2v) is 6.05. The smallest absolute Gasteiger partial charge is 0.312 e. The molecule has 5 nitrogen and oxygen atoms in total. The van der Waals surface area contributed by atoms with Crippen molar-refractivity contribution in [2.24, 2.45) is 0 Å². The molecule has 0 radical (unpaired) electrons. The van der Waals surface area contributed by atoms with Crippen molar-refractivity contribution in [2.45, 2.75) is 13.0 Å². The Morgan fingerprint density at radius 1 is 1.07 bits per heavy atom. The van der Waals surface area contributed by atoms with E-state index in [0.717, 1.165) is 6.07 Å². The maximum absolute atomic E-state index is 14.3. The van der Waals surface area contributed by atoms with E-state index in [4.69, 9.17) is 0 Å². The summed E-state index contributed by atoms with van der Waals surface area (Å²) < 4.78 is 53.2. The van der Waals surface area contributed by atoms with Crippen molar-refractivity contribution in [2.75, 3.05) is 10.6 Å². The molecule has 0 aliphatic heterocycles. The summed E-state index contributed by atoms with van der Waals surface area (Å²) in [6.07, 6.45) is -1.51. The second-order valence-electron chi connectivity index (χ2n) is 5.25. The molecular formula is C17H15F4N3O2S. The zero-order chi connectivity index (χ0) is 20.0. The molecule has 0 fully saturated rings. The summed E-state index contributed by atoms with van der Waals surface area (Å²) in [6, 6.07) is 9.28. The van der Waals surface area contributed by atoms with Crippen LogP contribution in [-0.4, -0.2) is 24.5 Å². The lowest BCUT2D eigenvalue weighted by atomic mass is 10.1. The molecule has 0 atom stereocenters. The average molecular weight is 401 g/mol. The highest BCUT2D eigenvalue weighted by Crippen LogP contribution is 2.25. The van der Waals surface area contributed by atoms with Crippen LogP contribution in [0.5, 0.6) is 0 Å².